The molecule has 1 aromatic heterocycles. The second-order valence-electron chi connectivity index (χ2n) is 4.48. The van der Waals surface area contributed by atoms with Gasteiger partial charge in [-0.25, -0.2) is 4.98 Å². The molecular formula is C16H18N2O2. The molecule has 0 bridgehead atoms. The van der Waals surface area contributed by atoms with Crippen molar-refractivity contribution in [3.05, 3.63) is 60.0 Å². The van der Waals surface area contributed by atoms with E-state index in [-0.39, 0.29) is 0 Å². The van der Waals surface area contributed by atoms with Gasteiger partial charge in [0.1, 0.15) is 18.7 Å². The molecule has 1 aromatic rings. The standard InChI is InChI=1S/C16H18N2O2/c1-18(16-7-2-3-10-17-16)11-12-20-15-6-4-5-14(13-19)8-9-15/h2-5,7-10,13H,6,11-12H2,1H3. The van der Waals surface area contributed by atoms with Gasteiger partial charge in [0, 0.05) is 25.2 Å². The van der Waals surface area contributed by atoms with Crippen LogP contribution in [0.2, 0.25) is 0 Å². The molecule has 0 aromatic carbocycles. The van der Waals surface area contributed by atoms with E-state index in [4.69, 9.17) is 4.74 Å². The number of rotatable bonds is 6. The van der Waals surface area contributed by atoms with E-state index in [0.29, 0.717) is 18.6 Å². The van der Waals surface area contributed by atoms with E-state index in [9.17, 15) is 4.79 Å². The smallest absolute Gasteiger partial charge is 0.150 e. The van der Waals surface area contributed by atoms with Crippen molar-refractivity contribution < 1.29 is 9.53 Å². The van der Waals surface area contributed by atoms with E-state index >= 15 is 0 Å². The van der Waals surface area contributed by atoms with E-state index in [1.54, 1.807) is 18.3 Å². The van der Waals surface area contributed by atoms with Gasteiger partial charge in [-0.1, -0.05) is 18.2 Å². The molecule has 0 aliphatic heterocycles. The van der Waals surface area contributed by atoms with Gasteiger partial charge in [0.05, 0.1) is 12.3 Å². The second kappa shape index (κ2) is 7.28. The van der Waals surface area contributed by atoms with Gasteiger partial charge in [-0.2, -0.15) is 0 Å². The Hall–Kier alpha value is -2.36. The average Bonchev–Trinajstić information content (AvgIpc) is 2.73. The first-order valence-electron chi connectivity index (χ1n) is 6.57. The van der Waals surface area contributed by atoms with Gasteiger partial charge in [-0.05, 0) is 24.3 Å². The summed E-state index contributed by atoms with van der Waals surface area (Å²) in [6.45, 7) is 1.33. The maximum atomic E-state index is 10.7. The topological polar surface area (TPSA) is 42.4 Å². The molecule has 0 radical (unpaired) electrons. The monoisotopic (exact) mass is 270 g/mol. The highest BCUT2D eigenvalue weighted by Crippen LogP contribution is 2.12. The van der Waals surface area contributed by atoms with Crippen molar-refractivity contribution in [3.63, 3.8) is 0 Å². The van der Waals surface area contributed by atoms with Crippen LogP contribution in [0.4, 0.5) is 5.82 Å². The summed E-state index contributed by atoms with van der Waals surface area (Å²) in [5.41, 5.74) is 0.661. The normalized spacial score (nSPS) is 14.1. The van der Waals surface area contributed by atoms with Crippen molar-refractivity contribution in [3.8, 4) is 0 Å². The number of aldehydes is 1. The summed E-state index contributed by atoms with van der Waals surface area (Å²) in [4.78, 5) is 17.0. The zero-order valence-corrected chi connectivity index (χ0v) is 11.5. The van der Waals surface area contributed by atoms with Gasteiger partial charge >= 0.3 is 0 Å². The summed E-state index contributed by atoms with van der Waals surface area (Å²) < 4.78 is 5.73. The van der Waals surface area contributed by atoms with Crippen LogP contribution in [0.5, 0.6) is 0 Å². The Balaban J connectivity index is 1.82. The molecule has 1 heterocycles. The van der Waals surface area contributed by atoms with Gasteiger partial charge in [-0.15, -0.1) is 0 Å². The van der Waals surface area contributed by atoms with Crippen LogP contribution in [0.1, 0.15) is 6.42 Å². The highest BCUT2D eigenvalue weighted by molar-refractivity contribution is 5.78. The van der Waals surface area contributed by atoms with Crippen molar-refractivity contribution in [2.24, 2.45) is 0 Å². The second-order valence-corrected chi connectivity index (χ2v) is 4.48. The van der Waals surface area contributed by atoms with E-state index < -0.39 is 0 Å². The molecule has 0 unspecified atom stereocenters. The molecule has 4 heteroatoms. The van der Waals surface area contributed by atoms with Crippen LogP contribution >= 0.6 is 0 Å². The molecular weight excluding hydrogens is 252 g/mol. The van der Waals surface area contributed by atoms with Gasteiger partial charge in [0.2, 0.25) is 0 Å². The number of ether oxygens (including phenoxy) is 1. The molecule has 104 valence electrons. The highest BCUT2D eigenvalue weighted by atomic mass is 16.5. The van der Waals surface area contributed by atoms with Crippen molar-refractivity contribution in [1.82, 2.24) is 4.98 Å². The molecule has 4 nitrogen and oxygen atoms in total. The summed E-state index contributed by atoms with van der Waals surface area (Å²) in [5, 5.41) is 0. The molecule has 0 saturated heterocycles. The molecule has 0 saturated carbocycles. The first-order valence-corrected chi connectivity index (χ1v) is 6.57. The number of hydrogen-bond donors (Lipinski definition) is 0. The van der Waals surface area contributed by atoms with Crippen LogP contribution < -0.4 is 4.90 Å². The molecule has 1 aliphatic carbocycles. The van der Waals surface area contributed by atoms with Crippen molar-refractivity contribution in [2.45, 2.75) is 6.42 Å². The van der Waals surface area contributed by atoms with Gasteiger partial charge in [-0.3, -0.25) is 4.79 Å². The summed E-state index contributed by atoms with van der Waals surface area (Å²) in [5.74, 6) is 1.79. The third kappa shape index (κ3) is 4.09. The Bertz CT molecular complexity index is 533. The van der Waals surface area contributed by atoms with Crippen LogP contribution in [0.15, 0.2) is 60.0 Å². The lowest BCUT2D eigenvalue weighted by molar-refractivity contribution is -0.104. The van der Waals surface area contributed by atoms with E-state index in [1.165, 1.54) is 0 Å². The summed E-state index contributed by atoms with van der Waals surface area (Å²) in [6.07, 6.45) is 10.7. The SMILES string of the molecule is CN(CCOC1=CC=C(C=O)C=CC1)c1ccccn1. The van der Waals surface area contributed by atoms with Gasteiger partial charge < -0.3 is 9.64 Å². The minimum atomic E-state index is 0.580. The predicted octanol–water partition coefficient (Wildman–Crippen LogP) is 2.50. The quantitative estimate of drug-likeness (QED) is 0.745. The molecule has 0 amide bonds. The van der Waals surface area contributed by atoms with E-state index in [0.717, 1.165) is 24.4 Å². The maximum Gasteiger partial charge on any atom is 0.150 e. The molecule has 0 atom stereocenters. The fourth-order valence-corrected chi connectivity index (χ4v) is 1.82. The maximum absolute atomic E-state index is 10.7. The van der Waals surface area contributed by atoms with Crippen LogP contribution in [0.25, 0.3) is 0 Å². The third-order valence-corrected chi connectivity index (χ3v) is 2.98. The summed E-state index contributed by atoms with van der Waals surface area (Å²) in [7, 11) is 1.98. The van der Waals surface area contributed by atoms with Crippen molar-refractivity contribution in [1.29, 1.82) is 0 Å². The Kier molecular flexibility index (Phi) is 5.12. The zero-order chi connectivity index (χ0) is 14.2. The Morgan fingerprint density at radius 2 is 2.30 bits per heavy atom. The molecule has 20 heavy (non-hydrogen) atoms. The molecule has 0 N–H and O–H groups in total. The van der Waals surface area contributed by atoms with Gasteiger partial charge in [0.25, 0.3) is 0 Å². The number of hydrogen-bond acceptors (Lipinski definition) is 4. The minimum absolute atomic E-state index is 0.580. The molecule has 2 rings (SSSR count). The first-order chi connectivity index (χ1) is 9.79. The lowest BCUT2D eigenvalue weighted by Crippen LogP contribution is -2.23. The predicted molar refractivity (Wildman–Crippen MR) is 79.4 cm³/mol. The van der Waals surface area contributed by atoms with Crippen molar-refractivity contribution in [2.75, 3.05) is 25.1 Å². The lowest BCUT2D eigenvalue weighted by Gasteiger charge is -2.18. The van der Waals surface area contributed by atoms with E-state index in [2.05, 4.69) is 4.98 Å². The molecule has 0 spiro atoms. The molecule has 0 fully saturated rings. The average molecular weight is 270 g/mol. The Morgan fingerprint density at radius 1 is 1.40 bits per heavy atom. The van der Waals surface area contributed by atoms with Gasteiger partial charge in [0.15, 0.2) is 0 Å². The fourth-order valence-electron chi connectivity index (χ4n) is 1.82. The summed E-state index contributed by atoms with van der Waals surface area (Å²) >= 11 is 0. The number of carbonyl (C=O) groups is 1. The number of pyridine rings is 1. The number of allylic oxidation sites excluding steroid dienone is 5. The third-order valence-electron chi connectivity index (χ3n) is 2.98. The minimum Gasteiger partial charge on any atom is -0.496 e. The Morgan fingerprint density at radius 3 is 3.05 bits per heavy atom. The fraction of sp³-hybridized carbons (Fsp3) is 0.250. The zero-order valence-electron chi connectivity index (χ0n) is 11.5. The van der Waals surface area contributed by atoms with Crippen LogP contribution in [0, 0.1) is 0 Å². The number of anilines is 1. The number of aromatic nitrogens is 1. The number of carbonyl (C=O) groups excluding carboxylic acids is 1. The largest absolute Gasteiger partial charge is 0.496 e. The number of likely N-dealkylation sites (N-methyl/N-ethyl adjacent to an activating group) is 1. The lowest BCUT2D eigenvalue weighted by atomic mass is 10.3. The van der Waals surface area contributed by atoms with Crippen molar-refractivity contribution >= 4 is 12.1 Å². The van der Waals surface area contributed by atoms with Crippen LogP contribution in [-0.2, 0) is 9.53 Å². The Labute approximate surface area is 119 Å². The van der Waals surface area contributed by atoms with Crippen LogP contribution in [-0.4, -0.2) is 31.5 Å². The highest BCUT2D eigenvalue weighted by Gasteiger charge is 2.03. The summed E-state index contributed by atoms with van der Waals surface area (Å²) in [6, 6.07) is 5.82. The van der Waals surface area contributed by atoms with E-state index in [1.807, 2.05) is 42.3 Å². The molecule has 1 aliphatic rings. The van der Waals surface area contributed by atoms with Crippen LogP contribution in [0.3, 0.4) is 0 Å². The first kappa shape index (κ1) is 14.1. The number of nitrogens with zero attached hydrogens (tertiary/aromatic N) is 2.